The normalized spacial score (nSPS) is 10.7. The maximum absolute atomic E-state index is 11.5. The van der Waals surface area contributed by atoms with Gasteiger partial charge in [0.25, 0.3) is 0 Å². The number of amides is 1. The Balaban J connectivity index is 2.46. The van der Waals surface area contributed by atoms with Gasteiger partial charge in [0, 0.05) is 32.2 Å². The van der Waals surface area contributed by atoms with Crippen molar-refractivity contribution in [2.45, 2.75) is 26.2 Å². The Bertz CT molecular complexity index is 440. The van der Waals surface area contributed by atoms with Crippen molar-refractivity contribution in [3.05, 3.63) is 17.0 Å². The van der Waals surface area contributed by atoms with E-state index < -0.39 is 0 Å². The molecule has 0 saturated heterocycles. The number of nitrogens with zero attached hydrogens (tertiary/aromatic N) is 2. The highest BCUT2D eigenvalue weighted by Gasteiger charge is 2.13. The van der Waals surface area contributed by atoms with Crippen molar-refractivity contribution in [2.24, 2.45) is 0 Å². The molecule has 0 radical (unpaired) electrons. The Labute approximate surface area is 124 Å². The van der Waals surface area contributed by atoms with Gasteiger partial charge >= 0.3 is 0 Å². The second kappa shape index (κ2) is 8.71. The van der Waals surface area contributed by atoms with Crippen molar-refractivity contribution >= 4 is 23.3 Å². The lowest BCUT2D eigenvalue weighted by Crippen LogP contribution is -2.28. The van der Waals surface area contributed by atoms with E-state index >= 15 is 0 Å². The number of halogens is 1. The van der Waals surface area contributed by atoms with E-state index in [0.29, 0.717) is 37.1 Å². The summed E-state index contributed by atoms with van der Waals surface area (Å²) in [6.07, 6.45) is 1.78. The summed E-state index contributed by atoms with van der Waals surface area (Å²) in [5, 5.41) is 6.33. The van der Waals surface area contributed by atoms with Crippen LogP contribution in [0.25, 0.3) is 0 Å². The van der Waals surface area contributed by atoms with Crippen LogP contribution in [0.15, 0.2) is 6.33 Å². The highest BCUT2D eigenvalue weighted by molar-refractivity contribution is 6.30. The molecule has 0 fully saturated rings. The monoisotopic (exact) mass is 300 g/mol. The largest absolute Gasteiger partial charge is 0.383 e. The van der Waals surface area contributed by atoms with Gasteiger partial charge in [-0.15, -0.1) is 0 Å². The molecule has 7 heteroatoms. The van der Waals surface area contributed by atoms with E-state index in [1.54, 1.807) is 7.11 Å². The molecule has 0 saturated carbocycles. The van der Waals surface area contributed by atoms with Crippen LogP contribution in [0.2, 0.25) is 5.15 Å². The van der Waals surface area contributed by atoms with E-state index in [0.717, 1.165) is 5.56 Å². The second-order valence-corrected chi connectivity index (χ2v) is 4.96. The first-order valence-corrected chi connectivity index (χ1v) is 6.94. The Kier molecular flexibility index (Phi) is 7.25. The molecule has 0 spiro atoms. The quantitative estimate of drug-likeness (QED) is 0.566. The Hall–Kier alpha value is -1.40. The van der Waals surface area contributed by atoms with Crippen molar-refractivity contribution in [3.8, 4) is 0 Å². The zero-order valence-electron chi connectivity index (χ0n) is 12.1. The second-order valence-electron chi connectivity index (χ2n) is 4.60. The fraction of sp³-hybridized carbons (Fsp3) is 0.615. The van der Waals surface area contributed by atoms with Crippen LogP contribution < -0.4 is 10.6 Å². The minimum absolute atomic E-state index is 0.0270. The molecule has 1 heterocycles. The summed E-state index contributed by atoms with van der Waals surface area (Å²) in [6.45, 7) is 5.57. The van der Waals surface area contributed by atoms with Gasteiger partial charge in [-0.05, 0) is 5.92 Å². The van der Waals surface area contributed by atoms with E-state index in [1.807, 2.05) is 13.8 Å². The van der Waals surface area contributed by atoms with Crippen molar-refractivity contribution < 1.29 is 9.53 Å². The van der Waals surface area contributed by atoms with Crippen LogP contribution in [0.1, 0.15) is 31.7 Å². The summed E-state index contributed by atoms with van der Waals surface area (Å²) in [6, 6.07) is 0. The Morgan fingerprint density at radius 1 is 1.40 bits per heavy atom. The number of hydrogen-bond acceptors (Lipinski definition) is 5. The fourth-order valence-corrected chi connectivity index (χ4v) is 2.05. The van der Waals surface area contributed by atoms with Crippen LogP contribution in [0.3, 0.4) is 0 Å². The third-order valence-electron chi connectivity index (χ3n) is 2.69. The number of carbonyl (C=O) groups excluding carboxylic acids is 1. The molecule has 0 atom stereocenters. The van der Waals surface area contributed by atoms with E-state index in [1.165, 1.54) is 6.33 Å². The minimum Gasteiger partial charge on any atom is -0.383 e. The molecule has 0 aliphatic carbocycles. The number of aromatic nitrogens is 2. The predicted octanol–water partition coefficient (Wildman–Crippen LogP) is 1.82. The molecule has 1 aromatic rings. The third-order valence-corrected chi connectivity index (χ3v) is 2.99. The summed E-state index contributed by atoms with van der Waals surface area (Å²) >= 11 is 6.07. The van der Waals surface area contributed by atoms with Crippen LogP contribution in [0, 0.1) is 0 Å². The SMILES string of the molecule is COCCNC(=O)CCNc1ncnc(Cl)c1C(C)C. The number of nitrogens with one attached hydrogen (secondary N) is 2. The maximum atomic E-state index is 11.5. The standard InChI is InChI=1S/C13H21ClN4O2/c1-9(2)11-12(14)17-8-18-13(11)16-5-4-10(19)15-6-7-20-3/h8-9H,4-7H2,1-3H3,(H,15,19)(H,16,17,18). The molecule has 0 aliphatic rings. The van der Waals surface area contributed by atoms with Gasteiger partial charge in [0.1, 0.15) is 17.3 Å². The third kappa shape index (κ3) is 5.30. The van der Waals surface area contributed by atoms with Gasteiger partial charge in [-0.1, -0.05) is 25.4 Å². The molecule has 0 aliphatic heterocycles. The van der Waals surface area contributed by atoms with Crippen LogP contribution in [-0.4, -0.2) is 42.7 Å². The first-order valence-electron chi connectivity index (χ1n) is 6.56. The molecule has 0 aromatic carbocycles. The number of ether oxygens (including phenoxy) is 1. The molecular formula is C13H21ClN4O2. The summed E-state index contributed by atoms with van der Waals surface area (Å²) < 4.78 is 4.86. The molecule has 1 amide bonds. The van der Waals surface area contributed by atoms with Gasteiger partial charge in [-0.3, -0.25) is 4.79 Å². The van der Waals surface area contributed by atoms with Crippen molar-refractivity contribution in [2.75, 3.05) is 32.1 Å². The zero-order chi connectivity index (χ0) is 15.0. The number of hydrogen-bond donors (Lipinski definition) is 2. The van der Waals surface area contributed by atoms with E-state index in [2.05, 4.69) is 20.6 Å². The van der Waals surface area contributed by atoms with E-state index in [-0.39, 0.29) is 11.8 Å². The van der Waals surface area contributed by atoms with Crippen molar-refractivity contribution in [1.29, 1.82) is 0 Å². The summed E-state index contributed by atoms with van der Waals surface area (Å²) in [5.74, 6) is 0.868. The van der Waals surface area contributed by atoms with Gasteiger partial charge < -0.3 is 15.4 Å². The number of anilines is 1. The first kappa shape index (κ1) is 16.7. The van der Waals surface area contributed by atoms with Crippen molar-refractivity contribution in [1.82, 2.24) is 15.3 Å². The average molecular weight is 301 g/mol. The van der Waals surface area contributed by atoms with Gasteiger partial charge in [0.2, 0.25) is 5.91 Å². The molecule has 6 nitrogen and oxygen atoms in total. The van der Waals surface area contributed by atoms with Crippen LogP contribution >= 0.6 is 11.6 Å². The smallest absolute Gasteiger partial charge is 0.221 e. The summed E-state index contributed by atoms with van der Waals surface area (Å²) in [4.78, 5) is 19.7. The molecule has 1 rings (SSSR count). The molecule has 0 bridgehead atoms. The lowest BCUT2D eigenvalue weighted by Gasteiger charge is -2.14. The van der Waals surface area contributed by atoms with Gasteiger partial charge in [0.15, 0.2) is 0 Å². The first-order chi connectivity index (χ1) is 9.56. The number of methoxy groups -OCH3 is 1. The molecule has 0 unspecified atom stereocenters. The molecule has 1 aromatic heterocycles. The zero-order valence-corrected chi connectivity index (χ0v) is 12.8. The van der Waals surface area contributed by atoms with Crippen molar-refractivity contribution in [3.63, 3.8) is 0 Å². The number of rotatable bonds is 8. The summed E-state index contributed by atoms with van der Waals surface area (Å²) in [7, 11) is 1.60. The highest BCUT2D eigenvalue weighted by atomic mass is 35.5. The fourth-order valence-electron chi connectivity index (χ4n) is 1.70. The summed E-state index contributed by atoms with van der Waals surface area (Å²) in [5.41, 5.74) is 0.869. The Morgan fingerprint density at radius 2 is 2.15 bits per heavy atom. The Morgan fingerprint density at radius 3 is 2.80 bits per heavy atom. The minimum atomic E-state index is -0.0270. The lowest BCUT2D eigenvalue weighted by molar-refractivity contribution is -0.121. The maximum Gasteiger partial charge on any atom is 0.221 e. The van der Waals surface area contributed by atoms with E-state index in [9.17, 15) is 4.79 Å². The van der Waals surface area contributed by atoms with Crippen LogP contribution in [0.5, 0.6) is 0 Å². The topological polar surface area (TPSA) is 76.1 Å². The van der Waals surface area contributed by atoms with Gasteiger partial charge in [-0.2, -0.15) is 0 Å². The average Bonchev–Trinajstić information content (AvgIpc) is 2.38. The van der Waals surface area contributed by atoms with Crippen LogP contribution in [0.4, 0.5) is 5.82 Å². The molecule has 2 N–H and O–H groups in total. The highest BCUT2D eigenvalue weighted by Crippen LogP contribution is 2.27. The number of carbonyl (C=O) groups is 1. The molecule has 20 heavy (non-hydrogen) atoms. The predicted molar refractivity (Wildman–Crippen MR) is 79.1 cm³/mol. The molecule has 112 valence electrons. The van der Waals surface area contributed by atoms with Crippen LogP contribution in [-0.2, 0) is 9.53 Å². The van der Waals surface area contributed by atoms with Gasteiger partial charge in [-0.25, -0.2) is 9.97 Å². The lowest BCUT2D eigenvalue weighted by atomic mass is 10.1. The van der Waals surface area contributed by atoms with Gasteiger partial charge in [0.05, 0.1) is 6.61 Å². The molecular weight excluding hydrogens is 280 g/mol. The van der Waals surface area contributed by atoms with E-state index in [4.69, 9.17) is 16.3 Å².